The number of para-hydroxylation sites is 1. The first kappa shape index (κ1) is 23.9. The van der Waals surface area contributed by atoms with Crippen molar-refractivity contribution in [3.05, 3.63) is 29.8 Å². The monoisotopic (exact) mass is 449 g/mol. The van der Waals surface area contributed by atoms with Gasteiger partial charge in [0.05, 0.1) is 11.9 Å². The second kappa shape index (κ2) is 10.7. The van der Waals surface area contributed by atoms with Crippen molar-refractivity contribution in [2.75, 3.05) is 44.2 Å². The molecule has 8 heteroatoms. The zero-order valence-electron chi connectivity index (χ0n) is 19.5. The summed E-state index contributed by atoms with van der Waals surface area (Å²) in [5.74, 6) is 2.59. The number of guanidine groups is 1. The molecule has 0 atom stereocenters. The Bertz CT molecular complexity index is 839. The second-order valence-electron chi connectivity index (χ2n) is 9.27. The predicted molar refractivity (Wildman–Crippen MR) is 129 cm³/mol. The van der Waals surface area contributed by atoms with E-state index in [9.17, 15) is 8.42 Å². The van der Waals surface area contributed by atoms with Gasteiger partial charge in [-0.3, -0.25) is 14.6 Å². The van der Waals surface area contributed by atoms with Crippen LogP contribution in [0.1, 0.15) is 45.1 Å². The molecule has 0 unspecified atom stereocenters. The average molecular weight is 450 g/mol. The third-order valence-electron chi connectivity index (χ3n) is 6.78. The number of nitrogens with zero attached hydrogens (tertiary/aromatic N) is 3. The fourth-order valence-corrected chi connectivity index (χ4v) is 5.51. The summed E-state index contributed by atoms with van der Waals surface area (Å²) < 4.78 is 25.9. The van der Waals surface area contributed by atoms with Gasteiger partial charge in [-0.15, -0.1) is 0 Å². The molecular formula is C23H39N5O2S. The Morgan fingerprint density at radius 2 is 1.74 bits per heavy atom. The topological polar surface area (TPSA) is 77.0 Å². The number of aliphatic imine (C=N–C) groups is 1. The summed E-state index contributed by atoms with van der Waals surface area (Å²) in [6.45, 7) is 9.31. The SMILES string of the molecule is CN=C(NCc1ccccc1NS(C)(=O)=O)N1CCN(C2CCC(C(C)C)CC2)CC1. The minimum absolute atomic E-state index is 0.519. The summed E-state index contributed by atoms with van der Waals surface area (Å²) in [4.78, 5) is 9.45. The van der Waals surface area contributed by atoms with Gasteiger partial charge in [-0.05, 0) is 49.1 Å². The molecule has 0 amide bonds. The average Bonchev–Trinajstić information content (AvgIpc) is 2.75. The number of benzene rings is 1. The van der Waals surface area contributed by atoms with Crippen LogP contribution >= 0.6 is 0 Å². The van der Waals surface area contributed by atoms with Crippen molar-refractivity contribution in [2.24, 2.45) is 16.8 Å². The van der Waals surface area contributed by atoms with Crippen LogP contribution in [-0.2, 0) is 16.6 Å². The molecule has 7 nitrogen and oxygen atoms in total. The fourth-order valence-electron chi connectivity index (χ4n) is 4.91. The van der Waals surface area contributed by atoms with E-state index in [2.05, 4.69) is 38.7 Å². The molecule has 2 N–H and O–H groups in total. The molecule has 2 aliphatic rings. The number of hydrogen-bond donors (Lipinski definition) is 2. The van der Waals surface area contributed by atoms with E-state index in [-0.39, 0.29) is 0 Å². The minimum atomic E-state index is -3.31. The molecule has 1 saturated carbocycles. The summed E-state index contributed by atoms with van der Waals surface area (Å²) in [5, 5.41) is 3.42. The van der Waals surface area contributed by atoms with Crippen LogP contribution in [0.5, 0.6) is 0 Å². The molecule has 1 heterocycles. The van der Waals surface area contributed by atoms with Gasteiger partial charge in [0.25, 0.3) is 0 Å². The molecule has 1 aliphatic heterocycles. The zero-order valence-corrected chi connectivity index (χ0v) is 20.3. The number of sulfonamides is 1. The Labute approximate surface area is 188 Å². The first-order chi connectivity index (χ1) is 14.8. The molecule has 3 rings (SSSR count). The first-order valence-electron chi connectivity index (χ1n) is 11.5. The Morgan fingerprint density at radius 3 is 2.32 bits per heavy atom. The van der Waals surface area contributed by atoms with Crippen LogP contribution in [0.25, 0.3) is 0 Å². The van der Waals surface area contributed by atoms with Crippen molar-refractivity contribution in [3.8, 4) is 0 Å². The van der Waals surface area contributed by atoms with E-state index in [1.54, 1.807) is 6.07 Å². The first-order valence-corrected chi connectivity index (χ1v) is 13.4. The summed E-state index contributed by atoms with van der Waals surface area (Å²) in [5.41, 5.74) is 1.50. The lowest BCUT2D eigenvalue weighted by atomic mass is 9.79. The summed E-state index contributed by atoms with van der Waals surface area (Å²) >= 11 is 0. The van der Waals surface area contributed by atoms with Crippen LogP contribution in [0.4, 0.5) is 5.69 Å². The second-order valence-corrected chi connectivity index (χ2v) is 11.0. The zero-order chi connectivity index (χ0) is 22.4. The van der Waals surface area contributed by atoms with Crippen molar-refractivity contribution >= 4 is 21.7 Å². The van der Waals surface area contributed by atoms with Gasteiger partial charge in [-0.25, -0.2) is 8.42 Å². The van der Waals surface area contributed by atoms with E-state index in [0.717, 1.165) is 55.6 Å². The maximum atomic E-state index is 11.6. The lowest BCUT2D eigenvalue weighted by molar-refractivity contribution is 0.0864. The smallest absolute Gasteiger partial charge is 0.229 e. The highest BCUT2D eigenvalue weighted by atomic mass is 32.2. The molecule has 1 saturated heterocycles. The third kappa shape index (κ3) is 6.84. The van der Waals surface area contributed by atoms with Gasteiger partial charge in [0.15, 0.2) is 5.96 Å². The van der Waals surface area contributed by atoms with Gasteiger partial charge in [0.1, 0.15) is 0 Å². The number of hydrogen-bond acceptors (Lipinski definition) is 4. The molecule has 0 radical (unpaired) electrons. The predicted octanol–water partition coefficient (Wildman–Crippen LogP) is 2.97. The van der Waals surface area contributed by atoms with Gasteiger partial charge in [-0.1, -0.05) is 32.0 Å². The van der Waals surface area contributed by atoms with Crippen molar-refractivity contribution in [2.45, 2.75) is 52.1 Å². The van der Waals surface area contributed by atoms with Gasteiger partial charge in [0, 0.05) is 45.8 Å². The van der Waals surface area contributed by atoms with Gasteiger partial charge in [0.2, 0.25) is 10.0 Å². The summed E-state index contributed by atoms with van der Waals surface area (Å²) in [6, 6.07) is 8.20. The Kier molecular flexibility index (Phi) is 8.22. The summed E-state index contributed by atoms with van der Waals surface area (Å²) in [6.07, 6.45) is 6.57. The van der Waals surface area contributed by atoms with Crippen LogP contribution in [0.15, 0.2) is 29.3 Å². The fraction of sp³-hybridized carbons (Fsp3) is 0.696. The van der Waals surface area contributed by atoms with Gasteiger partial charge < -0.3 is 10.2 Å². The normalized spacial score (nSPS) is 23.8. The van der Waals surface area contributed by atoms with Crippen LogP contribution in [0.3, 0.4) is 0 Å². The summed E-state index contributed by atoms with van der Waals surface area (Å²) in [7, 11) is -1.51. The van der Waals surface area contributed by atoms with E-state index in [1.165, 1.54) is 31.9 Å². The van der Waals surface area contributed by atoms with Crippen LogP contribution in [0.2, 0.25) is 0 Å². The number of piperazine rings is 1. The lowest BCUT2D eigenvalue weighted by Crippen LogP contribution is -2.55. The van der Waals surface area contributed by atoms with E-state index >= 15 is 0 Å². The molecular weight excluding hydrogens is 410 g/mol. The molecule has 0 aromatic heterocycles. The molecule has 0 spiro atoms. The Morgan fingerprint density at radius 1 is 1.10 bits per heavy atom. The quantitative estimate of drug-likeness (QED) is 0.516. The van der Waals surface area contributed by atoms with Crippen molar-refractivity contribution in [1.82, 2.24) is 15.1 Å². The van der Waals surface area contributed by atoms with Gasteiger partial charge >= 0.3 is 0 Å². The van der Waals surface area contributed by atoms with Crippen molar-refractivity contribution in [3.63, 3.8) is 0 Å². The highest BCUT2D eigenvalue weighted by molar-refractivity contribution is 7.92. The van der Waals surface area contributed by atoms with Crippen molar-refractivity contribution in [1.29, 1.82) is 0 Å². The number of rotatable bonds is 6. The highest BCUT2D eigenvalue weighted by Crippen LogP contribution is 2.32. The molecule has 1 aromatic rings. The molecule has 0 bridgehead atoms. The van der Waals surface area contributed by atoms with Crippen LogP contribution < -0.4 is 10.0 Å². The Balaban J connectivity index is 1.50. The number of anilines is 1. The van der Waals surface area contributed by atoms with E-state index in [4.69, 9.17) is 0 Å². The van der Waals surface area contributed by atoms with Crippen LogP contribution in [0, 0.1) is 11.8 Å². The van der Waals surface area contributed by atoms with Crippen LogP contribution in [-0.4, -0.2) is 69.7 Å². The molecule has 1 aromatic carbocycles. The molecule has 174 valence electrons. The Hall–Kier alpha value is -1.80. The maximum Gasteiger partial charge on any atom is 0.229 e. The minimum Gasteiger partial charge on any atom is -0.352 e. The molecule has 31 heavy (non-hydrogen) atoms. The third-order valence-corrected chi connectivity index (χ3v) is 7.37. The standard InChI is InChI=1S/C23H39N5O2S/c1-18(2)19-9-11-21(12-10-19)27-13-15-28(16-14-27)23(24-3)25-17-20-7-5-6-8-22(20)26-31(4,29)30/h5-8,18-19,21,26H,9-17H2,1-4H3,(H,24,25). The van der Waals surface area contributed by atoms with E-state index < -0.39 is 10.0 Å². The largest absolute Gasteiger partial charge is 0.352 e. The highest BCUT2D eigenvalue weighted by Gasteiger charge is 2.29. The van der Waals surface area contributed by atoms with E-state index in [1.807, 2.05) is 25.2 Å². The lowest BCUT2D eigenvalue weighted by Gasteiger charge is -2.43. The molecule has 2 fully saturated rings. The van der Waals surface area contributed by atoms with E-state index in [0.29, 0.717) is 12.2 Å². The van der Waals surface area contributed by atoms with Gasteiger partial charge in [-0.2, -0.15) is 0 Å². The van der Waals surface area contributed by atoms with Crippen molar-refractivity contribution < 1.29 is 8.42 Å². The number of nitrogens with one attached hydrogen (secondary N) is 2. The maximum absolute atomic E-state index is 11.6. The molecule has 1 aliphatic carbocycles.